The monoisotopic (exact) mass is 253 g/mol. The number of hydrogen-bond donors (Lipinski definition) is 0. The molecule has 1 unspecified atom stereocenters. The summed E-state index contributed by atoms with van der Waals surface area (Å²) < 4.78 is 0. The molecule has 0 saturated carbocycles. The molecule has 17 heavy (non-hydrogen) atoms. The first-order chi connectivity index (χ1) is 8.08. The predicted molar refractivity (Wildman–Crippen MR) is 65.6 cm³/mol. The normalized spacial score (nSPS) is 20.1. The second-order valence-corrected chi connectivity index (χ2v) is 4.89. The van der Waals surface area contributed by atoms with Crippen LogP contribution in [0.1, 0.15) is 31.3 Å². The van der Waals surface area contributed by atoms with Gasteiger partial charge in [-0.05, 0) is 18.9 Å². The van der Waals surface area contributed by atoms with E-state index in [0.29, 0.717) is 29.9 Å². The standard InChI is InChI=1S/C12H16ClN3O/c1-3-9-5-12(17)16(6-9)7-11-14-8(2)4-10(13)15-11/h4,9H,3,5-7H2,1-2H3. The van der Waals surface area contributed by atoms with Crippen LogP contribution in [0.3, 0.4) is 0 Å². The Kier molecular flexibility index (Phi) is 3.62. The zero-order valence-corrected chi connectivity index (χ0v) is 10.9. The Balaban J connectivity index is 2.08. The van der Waals surface area contributed by atoms with Crippen molar-refractivity contribution in [1.82, 2.24) is 14.9 Å². The summed E-state index contributed by atoms with van der Waals surface area (Å²) in [4.78, 5) is 22.0. The minimum atomic E-state index is 0.193. The van der Waals surface area contributed by atoms with Crippen LogP contribution in [0.15, 0.2) is 6.07 Å². The fourth-order valence-electron chi connectivity index (χ4n) is 2.11. The number of nitrogens with zero attached hydrogens (tertiary/aromatic N) is 3. The maximum Gasteiger partial charge on any atom is 0.223 e. The molecule has 1 aromatic heterocycles. The Labute approximate surface area is 106 Å². The molecular weight excluding hydrogens is 238 g/mol. The highest BCUT2D eigenvalue weighted by Gasteiger charge is 2.28. The molecule has 0 N–H and O–H groups in total. The van der Waals surface area contributed by atoms with E-state index in [0.717, 1.165) is 18.7 Å². The van der Waals surface area contributed by atoms with Crippen LogP contribution < -0.4 is 0 Å². The molecule has 1 aliphatic rings. The molecule has 1 aliphatic heterocycles. The SMILES string of the molecule is CCC1CC(=O)N(Cc2nc(C)cc(Cl)n2)C1. The molecule has 5 heteroatoms. The summed E-state index contributed by atoms with van der Waals surface area (Å²) in [5.41, 5.74) is 0.832. The van der Waals surface area contributed by atoms with E-state index in [1.807, 2.05) is 11.8 Å². The first kappa shape index (κ1) is 12.3. The molecule has 2 rings (SSSR count). The van der Waals surface area contributed by atoms with Gasteiger partial charge in [-0.15, -0.1) is 0 Å². The van der Waals surface area contributed by atoms with E-state index in [2.05, 4.69) is 16.9 Å². The van der Waals surface area contributed by atoms with Crippen molar-refractivity contribution >= 4 is 17.5 Å². The number of likely N-dealkylation sites (tertiary alicyclic amines) is 1. The van der Waals surface area contributed by atoms with Crippen LogP contribution in [0.25, 0.3) is 0 Å². The van der Waals surface area contributed by atoms with Gasteiger partial charge in [-0.25, -0.2) is 9.97 Å². The summed E-state index contributed by atoms with van der Waals surface area (Å²) >= 11 is 5.87. The number of aryl methyl sites for hydroxylation is 1. The molecule has 0 aromatic carbocycles. The lowest BCUT2D eigenvalue weighted by atomic mass is 10.1. The molecule has 0 spiro atoms. The van der Waals surface area contributed by atoms with Crippen LogP contribution in [0.4, 0.5) is 0 Å². The second-order valence-electron chi connectivity index (χ2n) is 4.50. The molecule has 0 aliphatic carbocycles. The minimum absolute atomic E-state index is 0.193. The smallest absolute Gasteiger partial charge is 0.223 e. The van der Waals surface area contributed by atoms with Gasteiger partial charge < -0.3 is 4.90 Å². The second kappa shape index (κ2) is 5.00. The Hall–Kier alpha value is -1.16. The molecular formula is C12H16ClN3O. The largest absolute Gasteiger partial charge is 0.335 e. The molecule has 0 bridgehead atoms. The zero-order chi connectivity index (χ0) is 12.4. The fourth-order valence-corrected chi connectivity index (χ4v) is 2.37. The maximum atomic E-state index is 11.8. The molecule has 1 fully saturated rings. The summed E-state index contributed by atoms with van der Waals surface area (Å²) in [5.74, 6) is 1.29. The van der Waals surface area contributed by atoms with E-state index in [9.17, 15) is 4.79 Å². The zero-order valence-electron chi connectivity index (χ0n) is 10.1. The number of rotatable bonds is 3. The average Bonchev–Trinajstić information content (AvgIpc) is 2.58. The van der Waals surface area contributed by atoms with Crippen LogP contribution >= 0.6 is 11.6 Å². The number of halogens is 1. The van der Waals surface area contributed by atoms with Crippen molar-refractivity contribution in [2.24, 2.45) is 5.92 Å². The van der Waals surface area contributed by atoms with Gasteiger partial charge in [-0.1, -0.05) is 24.9 Å². The van der Waals surface area contributed by atoms with E-state index in [1.165, 1.54) is 0 Å². The molecule has 1 aromatic rings. The highest BCUT2D eigenvalue weighted by Crippen LogP contribution is 2.22. The van der Waals surface area contributed by atoms with E-state index < -0.39 is 0 Å². The summed E-state index contributed by atoms with van der Waals surface area (Å²) in [6.45, 7) is 5.26. The maximum absolute atomic E-state index is 11.8. The van der Waals surface area contributed by atoms with Gasteiger partial charge in [-0.3, -0.25) is 4.79 Å². The average molecular weight is 254 g/mol. The highest BCUT2D eigenvalue weighted by molar-refractivity contribution is 6.29. The topological polar surface area (TPSA) is 46.1 Å². The van der Waals surface area contributed by atoms with Gasteiger partial charge >= 0.3 is 0 Å². The minimum Gasteiger partial charge on any atom is -0.335 e. The predicted octanol–water partition coefficient (Wildman–Crippen LogP) is 2.20. The first-order valence-electron chi connectivity index (χ1n) is 5.86. The summed E-state index contributed by atoms with van der Waals surface area (Å²) in [7, 11) is 0. The van der Waals surface area contributed by atoms with Crippen LogP contribution in [0.2, 0.25) is 5.15 Å². The van der Waals surface area contributed by atoms with Crippen molar-refractivity contribution in [3.05, 3.63) is 22.7 Å². The number of carbonyl (C=O) groups excluding carboxylic acids is 1. The van der Waals surface area contributed by atoms with Crippen molar-refractivity contribution in [3.63, 3.8) is 0 Å². The van der Waals surface area contributed by atoms with Crippen molar-refractivity contribution in [3.8, 4) is 0 Å². The Morgan fingerprint density at radius 2 is 2.29 bits per heavy atom. The summed E-state index contributed by atoms with van der Waals surface area (Å²) in [5, 5.41) is 0.436. The van der Waals surface area contributed by atoms with Gasteiger partial charge in [0.1, 0.15) is 11.0 Å². The number of hydrogen-bond acceptors (Lipinski definition) is 3. The van der Waals surface area contributed by atoms with Gasteiger partial charge in [0.25, 0.3) is 0 Å². The van der Waals surface area contributed by atoms with Gasteiger partial charge in [0.05, 0.1) is 6.54 Å². The van der Waals surface area contributed by atoms with Crippen LogP contribution in [-0.4, -0.2) is 27.3 Å². The van der Waals surface area contributed by atoms with Crippen LogP contribution in [0, 0.1) is 12.8 Å². The van der Waals surface area contributed by atoms with Gasteiger partial charge in [0.2, 0.25) is 5.91 Å². The Bertz CT molecular complexity index is 416. The molecule has 2 heterocycles. The quantitative estimate of drug-likeness (QED) is 0.776. The summed E-state index contributed by atoms with van der Waals surface area (Å²) in [6, 6.07) is 1.71. The highest BCUT2D eigenvalue weighted by atomic mass is 35.5. The van der Waals surface area contributed by atoms with Gasteiger partial charge in [0.15, 0.2) is 0 Å². The number of carbonyl (C=O) groups is 1. The third-order valence-corrected chi connectivity index (χ3v) is 3.27. The van der Waals surface area contributed by atoms with E-state index in [4.69, 9.17) is 11.6 Å². The van der Waals surface area contributed by atoms with Crippen molar-refractivity contribution in [2.75, 3.05) is 6.54 Å². The van der Waals surface area contributed by atoms with Crippen molar-refractivity contribution in [2.45, 2.75) is 33.2 Å². The van der Waals surface area contributed by atoms with E-state index in [-0.39, 0.29) is 5.91 Å². The third kappa shape index (κ3) is 2.94. The number of aromatic nitrogens is 2. The van der Waals surface area contributed by atoms with Gasteiger partial charge in [-0.2, -0.15) is 0 Å². The van der Waals surface area contributed by atoms with Gasteiger partial charge in [0, 0.05) is 18.7 Å². The molecule has 1 saturated heterocycles. The molecule has 1 amide bonds. The lowest BCUT2D eigenvalue weighted by Gasteiger charge is -2.15. The first-order valence-corrected chi connectivity index (χ1v) is 6.24. The van der Waals surface area contributed by atoms with E-state index in [1.54, 1.807) is 6.07 Å². The lowest BCUT2D eigenvalue weighted by molar-refractivity contribution is -0.128. The molecule has 0 radical (unpaired) electrons. The third-order valence-electron chi connectivity index (χ3n) is 3.07. The molecule has 1 atom stereocenters. The molecule has 92 valence electrons. The molecule has 4 nitrogen and oxygen atoms in total. The van der Waals surface area contributed by atoms with Crippen LogP contribution in [0.5, 0.6) is 0 Å². The van der Waals surface area contributed by atoms with Crippen LogP contribution in [-0.2, 0) is 11.3 Å². The Morgan fingerprint density at radius 3 is 2.88 bits per heavy atom. The van der Waals surface area contributed by atoms with Crippen molar-refractivity contribution < 1.29 is 4.79 Å². The number of amides is 1. The van der Waals surface area contributed by atoms with Crippen molar-refractivity contribution in [1.29, 1.82) is 0 Å². The fraction of sp³-hybridized carbons (Fsp3) is 0.583. The lowest BCUT2D eigenvalue weighted by Crippen LogP contribution is -2.25. The summed E-state index contributed by atoms with van der Waals surface area (Å²) in [6.07, 6.45) is 1.69. The Morgan fingerprint density at radius 1 is 1.53 bits per heavy atom. The van der Waals surface area contributed by atoms with E-state index >= 15 is 0 Å².